The largest absolute Gasteiger partial charge is 0.452 e. The van der Waals surface area contributed by atoms with Gasteiger partial charge in [-0.25, -0.2) is 4.79 Å². The fourth-order valence-corrected chi connectivity index (χ4v) is 2.25. The zero-order valence-electron chi connectivity index (χ0n) is 14.5. The first-order valence-corrected chi connectivity index (χ1v) is 8.32. The summed E-state index contributed by atoms with van der Waals surface area (Å²) in [6.07, 6.45) is 0.651. The van der Waals surface area contributed by atoms with Crippen molar-refractivity contribution in [1.29, 1.82) is 0 Å². The second kappa shape index (κ2) is 9.49. The fourth-order valence-electron chi connectivity index (χ4n) is 2.08. The number of ether oxygens (including phenoxy) is 1. The Balaban J connectivity index is 1.76. The molecule has 0 unspecified atom stereocenters. The van der Waals surface area contributed by atoms with Crippen molar-refractivity contribution < 1.29 is 23.9 Å². The van der Waals surface area contributed by atoms with Gasteiger partial charge in [-0.2, -0.15) is 0 Å². The molecule has 2 amide bonds. The smallest absolute Gasteiger partial charge is 0.338 e. The van der Waals surface area contributed by atoms with Gasteiger partial charge < -0.3 is 15.4 Å². The molecule has 2 rings (SSSR count). The summed E-state index contributed by atoms with van der Waals surface area (Å²) in [5.74, 6) is -1.77. The molecule has 0 aromatic heterocycles. The lowest BCUT2D eigenvalue weighted by atomic mass is 10.1. The Labute approximate surface area is 160 Å². The van der Waals surface area contributed by atoms with Crippen LogP contribution in [-0.4, -0.2) is 37.2 Å². The summed E-state index contributed by atoms with van der Waals surface area (Å²) in [5.41, 5.74) is 1.90. The summed E-state index contributed by atoms with van der Waals surface area (Å²) in [4.78, 5) is 46.0. The number of aldehydes is 1. The Bertz CT molecular complexity index is 865. The molecule has 0 aliphatic heterocycles. The Morgan fingerprint density at radius 2 is 1.78 bits per heavy atom. The number of amides is 2. The van der Waals surface area contributed by atoms with E-state index in [1.807, 2.05) is 0 Å². The van der Waals surface area contributed by atoms with Gasteiger partial charge in [0.1, 0.15) is 6.29 Å². The van der Waals surface area contributed by atoms with Crippen LogP contribution in [0.4, 0.5) is 5.69 Å². The lowest BCUT2D eigenvalue weighted by molar-refractivity contribution is -0.126. The van der Waals surface area contributed by atoms with Gasteiger partial charge in [-0.3, -0.25) is 14.4 Å². The molecule has 2 aromatic carbocycles. The second-order valence-electron chi connectivity index (χ2n) is 5.55. The van der Waals surface area contributed by atoms with E-state index in [2.05, 4.69) is 10.6 Å². The molecule has 0 aliphatic carbocycles. The van der Waals surface area contributed by atoms with Crippen LogP contribution in [0, 0.1) is 6.92 Å². The minimum atomic E-state index is -0.707. The zero-order valence-corrected chi connectivity index (χ0v) is 15.2. The maximum absolute atomic E-state index is 11.9. The van der Waals surface area contributed by atoms with Gasteiger partial charge >= 0.3 is 5.97 Å². The molecule has 0 bridgehead atoms. The fraction of sp³-hybridized carbons (Fsp3) is 0.158. The van der Waals surface area contributed by atoms with E-state index in [1.165, 1.54) is 24.3 Å². The molecular weight excluding hydrogens is 372 g/mol. The molecule has 27 heavy (non-hydrogen) atoms. The summed E-state index contributed by atoms with van der Waals surface area (Å²) < 4.78 is 4.86. The molecular formula is C19H17ClN2O5. The van der Waals surface area contributed by atoms with E-state index in [9.17, 15) is 19.2 Å². The topological polar surface area (TPSA) is 102 Å². The summed E-state index contributed by atoms with van der Waals surface area (Å²) >= 11 is 5.98. The summed E-state index contributed by atoms with van der Waals surface area (Å²) in [5, 5.41) is 5.51. The minimum Gasteiger partial charge on any atom is -0.452 e. The predicted octanol–water partition coefficient (Wildman–Crippen LogP) is 2.37. The van der Waals surface area contributed by atoms with Crippen molar-refractivity contribution in [3.05, 3.63) is 64.2 Å². The standard InChI is InChI=1S/C19H17ClN2O5/c1-12-15(20)3-2-4-16(12)22-17(24)9-21-18(25)11-27-19(26)14-7-5-13(10-23)6-8-14/h2-8,10H,9,11H2,1H3,(H,21,25)(H,22,24). The SMILES string of the molecule is Cc1c(Cl)cccc1NC(=O)CNC(=O)COC(=O)c1ccc(C=O)cc1. The van der Waals surface area contributed by atoms with Crippen molar-refractivity contribution in [1.82, 2.24) is 5.32 Å². The lowest BCUT2D eigenvalue weighted by Gasteiger charge is -2.10. The average molecular weight is 389 g/mol. The molecule has 140 valence electrons. The molecule has 0 saturated carbocycles. The van der Waals surface area contributed by atoms with Crippen LogP contribution >= 0.6 is 11.6 Å². The quantitative estimate of drug-likeness (QED) is 0.560. The van der Waals surface area contributed by atoms with E-state index in [-0.39, 0.29) is 12.1 Å². The average Bonchev–Trinajstić information content (AvgIpc) is 2.68. The van der Waals surface area contributed by atoms with Crippen LogP contribution in [0.5, 0.6) is 0 Å². The van der Waals surface area contributed by atoms with Gasteiger partial charge in [-0.05, 0) is 36.8 Å². The highest BCUT2D eigenvalue weighted by Gasteiger charge is 2.12. The number of nitrogens with one attached hydrogen (secondary N) is 2. The first-order chi connectivity index (χ1) is 12.9. The van der Waals surface area contributed by atoms with Gasteiger partial charge in [0.15, 0.2) is 6.61 Å². The van der Waals surface area contributed by atoms with Crippen molar-refractivity contribution >= 4 is 41.4 Å². The first-order valence-electron chi connectivity index (χ1n) is 7.94. The third-order valence-corrected chi connectivity index (χ3v) is 4.01. The summed E-state index contributed by atoms with van der Waals surface area (Å²) in [6, 6.07) is 10.9. The number of anilines is 1. The molecule has 2 aromatic rings. The van der Waals surface area contributed by atoms with Crippen LogP contribution in [0.1, 0.15) is 26.3 Å². The van der Waals surface area contributed by atoms with Crippen molar-refractivity contribution in [2.75, 3.05) is 18.5 Å². The number of rotatable bonds is 7. The number of hydrogen-bond donors (Lipinski definition) is 2. The van der Waals surface area contributed by atoms with Gasteiger partial charge in [0.25, 0.3) is 5.91 Å². The van der Waals surface area contributed by atoms with E-state index in [4.69, 9.17) is 16.3 Å². The number of carbonyl (C=O) groups is 4. The van der Waals surface area contributed by atoms with E-state index in [1.54, 1.807) is 25.1 Å². The second-order valence-corrected chi connectivity index (χ2v) is 5.96. The van der Waals surface area contributed by atoms with Gasteiger partial charge in [0.05, 0.1) is 12.1 Å². The molecule has 0 fully saturated rings. The Hall–Kier alpha value is -3.19. The molecule has 0 spiro atoms. The third kappa shape index (κ3) is 5.93. The van der Waals surface area contributed by atoms with Crippen molar-refractivity contribution in [2.24, 2.45) is 0 Å². The molecule has 7 nitrogen and oxygen atoms in total. The predicted molar refractivity (Wildman–Crippen MR) is 99.9 cm³/mol. The van der Waals surface area contributed by atoms with E-state index in [0.717, 1.165) is 0 Å². The first kappa shape index (κ1) is 20.1. The molecule has 0 radical (unpaired) electrons. The number of esters is 1. The van der Waals surface area contributed by atoms with E-state index >= 15 is 0 Å². The van der Waals surface area contributed by atoms with Crippen molar-refractivity contribution in [3.8, 4) is 0 Å². The number of benzene rings is 2. The maximum atomic E-state index is 11.9. The highest BCUT2D eigenvalue weighted by Crippen LogP contribution is 2.22. The monoisotopic (exact) mass is 388 g/mol. The number of carbonyl (C=O) groups excluding carboxylic acids is 4. The lowest BCUT2D eigenvalue weighted by Crippen LogP contribution is -2.35. The highest BCUT2D eigenvalue weighted by molar-refractivity contribution is 6.31. The van der Waals surface area contributed by atoms with Crippen LogP contribution in [-0.2, 0) is 14.3 Å². The molecule has 0 atom stereocenters. The summed E-state index contributed by atoms with van der Waals surface area (Å²) in [6.45, 7) is 0.950. The highest BCUT2D eigenvalue weighted by atomic mass is 35.5. The van der Waals surface area contributed by atoms with Gasteiger partial charge in [-0.1, -0.05) is 29.8 Å². The minimum absolute atomic E-state index is 0.211. The van der Waals surface area contributed by atoms with E-state index in [0.29, 0.717) is 28.1 Å². The van der Waals surface area contributed by atoms with Crippen LogP contribution < -0.4 is 10.6 Å². The normalized spacial score (nSPS) is 10.0. The van der Waals surface area contributed by atoms with Crippen molar-refractivity contribution in [3.63, 3.8) is 0 Å². The maximum Gasteiger partial charge on any atom is 0.338 e. The Kier molecular flexibility index (Phi) is 7.08. The van der Waals surface area contributed by atoms with Gasteiger partial charge in [0.2, 0.25) is 5.91 Å². The summed E-state index contributed by atoms with van der Waals surface area (Å²) in [7, 11) is 0. The molecule has 0 heterocycles. The van der Waals surface area contributed by atoms with Crippen LogP contribution in [0.2, 0.25) is 5.02 Å². The van der Waals surface area contributed by atoms with Crippen molar-refractivity contribution in [2.45, 2.75) is 6.92 Å². The van der Waals surface area contributed by atoms with Gasteiger partial charge in [0, 0.05) is 16.3 Å². The van der Waals surface area contributed by atoms with Crippen LogP contribution in [0.15, 0.2) is 42.5 Å². The molecule has 8 heteroatoms. The Morgan fingerprint density at radius 1 is 1.07 bits per heavy atom. The zero-order chi connectivity index (χ0) is 19.8. The van der Waals surface area contributed by atoms with E-state index < -0.39 is 24.4 Å². The molecule has 0 saturated heterocycles. The molecule has 2 N–H and O–H groups in total. The third-order valence-electron chi connectivity index (χ3n) is 3.60. The van der Waals surface area contributed by atoms with Crippen LogP contribution in [0.25, 0.3) is 0 Å². The van der Waals surface area contributed by atoms with Crippen LogP contribution in [0.3, 0.4) is 0 Å². The van der Waals surface area contributed by atoms with Gasteiger partial charge in [-0.15, -0.1) is 0 Å². The number of hydrogen-bond acceptors (Lipinski definition) is 5. The molecule has 0 aliphatic rings. The number of halogens is 1. The Morgan fingerprint density at radius 3 is 2.44 bits per heavy atom.